The maximum Gasteiger partial charge on any atom is 0.234 e. The third kappa shape index (κ3) is 3.29. The highest BCUT2D eigenvalue weighted by molar-refractivity contribution is 8.00. The van der Waals surface area contributed by atoms with Crippen molar-refractivity contribution in [3.63, 3.8) is 0 Å². The Hall–Kier alpha value is -2.32. The number of pyridine rings is 1. The van der Waals surface area contributed by atoms with Crippen LogP contribution in [0.4, 0.5) is 5.69 Å². The number of nitriles is 1. The van der Waals surface area contributed by atoms with E-state index in [-0.39, 0.29) is 11.7 Å². The highest BCUT2D eigenvalue weighted by Gasteiger charge is 2.12. The first-order valence-electron chi connectivity index (χ1n) is 7.16. The zero-order valence-corrected chi connectivity index (χ0v) is 12.8. The van der Waals surface area contributed by atoms with Crippen LogP contribution in [0.3, 0.4) is 0 Å². The predicted molar refractivity (Wildman–Crippen MR) is 86.8 cm³/mol. The lowest BCUT2D eigenvalue weighted by Gasteiger charge is -2.07. The fourth-order valence-electron chi connectivity index (χ4n) is 2.57. The maximum atomic E-state index is 12.0. The molecule has 0 bridgehead atoms. The van der Waals surface area contributed by atoms with E-state index < -0.39 is 0 Å². The molecule has 0 atom stereocenters. The van der Waals surface area contributed by atoms with Gasteiger partial charge >= 0.3 is 0 Å². The summed E-state index contributed by atoms with van der Waals surface area (Å²) >= 11 is 1.28. The smallest absolute Gasteiger partial charge is 0.234 e. The predicted octanol–water partition coefficient (Wildman–Crippen LogP) is 3.17. The number of thioether (sulfide) groups is 1. The second kappa shape index (κ2) is 6.63. The molecule has 0 saturated carbocycles. The van der Waals surface area contributed by atoms with Gasteiger partial charge in [0.25, 0.3) is 0 Å². The number of rotatable bonds is 4. The minimum Gasteiger partial charge on any atom is -0.325 e. The highest BCUT2D eigenvalue weighted by Crippen LogP contribution is 2.25. The average Bonchev–Trinajstić information content (AvgIpc) is 3.01. The van der Waals surface area contributed by atoms with Gasteiger partial charge in [0.05, 0.1) is 11.3 Å². The van der Waals surface area contributed by atoms with Crippen LogP contribution in [0.5, 0.6) is 0 Å². The average molecular weight is 309 g/mol. The summed E-state index contributed by atoms with van der Waals surface area (Å²) in [6.07, 6.45) is 5.05. The monoisotopic (exact) mass is 309 g/mol. The number of benzene rings is 1. The van der Waals surface area contributed by atoms with E-state index in [9.17, 15) is 4.79 Å². The molecule has 0 unspecified atom stereocenters. The summed E-state index contributed by atoms with van der Waals surface area (Å²) in [5.74, 6) is 0.153. The first kappa shape index (κ1) is 14.6. The van der Waals surface area contributed by atoms with Crippen molar-refractivity contribution in [2.45, 2.75) is 24.3 Å². The summed E-state index contributed by atoms with van der Waals surface area (Å²) in [4.78, 5) is 16.2. The van der Waals surface area contributed by atoms with Crippen LogP contribution in [0.25, 0.3) is 0 Å². The highest BCUT2D eigenvalue weighted by atomic mass is 32.2. The number of fused-ring (bicyclic) bond motifs is 1. The van der Waals surface area contributed by atoms with E-state index in [1.807, 2.05) is 6.07 Å². The summed E-state index contributed by atoms with van der Waals surface area (Å²) in [5.41, 5.74) is 4.06. The lowest BCUT2D eigenvalue weighted by Crippen LogP contribution is -2.14. The minimum atomic E-state index is -0.0857. The third-order valence-electron chi connectivity index (χ3n) is 3.61. The van der Waals surface area contributed by atoms with Crippen molar-refractivity contribution >= 4 is 23.4 Å². The number of aromatic nitrogens is 1. The topological polar surface area (TPSA) is 65.8 Å². The van der Waals surface area contributed by atoms with E-state index in [0.29, 0.717) is 10.6 Å². The standard InChI is InChI=1S/C17H15N3OS/c18-10-14-5-2-8-19-17(14)22-11-16(21)20-15-7-6-12-3-1-4-13(12)9-15/h2,5-9H,1,3-4,11H2,(H,20,21). The molecule has 4 nitrogen and oxygen atoms in total. The number of hydrogen-bond donors (Lipinski definition) is 1. The number of nitrogens with zero attached hydrogens (tertiary/aromatic N) is 2. The largest absolute Gasteiger partial charge is 0.325 e. The number of hydrogen-bond acceptors (Lipinski definition) is 4. The Bertz CT molecular complexity index is 752. The van der Waals surface area contributed by atoms with Crippen LogP contribution in [-0.4, -0.2) is 16.6 Å². The van der Waals surface area contributed by atoms with Crippen LogP contribution in [0.15, 0.2) is 41.6 Å². The quantitative estimate of drug-likeness (QED) is 0.881. The molecule has 1 aromatic carbocycles. The second-order valence-corrected chi connectivity index (χ2v) is 6.11. The van der Waals surface area contributed by atoms with Gasteiger partial charge in [-0.15, -0.1) is 0 Å². The van der Waals surface area contributed by atoms with Gasteiger partial charge in [0.1, 0.15) is 11.1 Å². The van der Waals surface area contributed by atoms with Crippen molar-refractivity contribution in [3.05, 3.63) is 53.2 Å². The second-order valence-electron chi connectivity index (χ2n) is 5.14. The van der Waals surface area contributed by atoms with Gasteiger partial charge in [0, 0.05) is 11.9 Å². The van der Waals surface area contributed by atoms with Gasteiger partial charge in [0.15, 0.2) is 0 Å². The Balaban J connectivity index is 1.60. The summed E-state index contributed by atoms with van der Waals surface area (Å²) in [6.45, 7) is 0. The molecule has 22 heavy (non-hydrogen) atoms. The molecule has 3 rings (SSSR count). The number of carbonyl (C=O) groups excluding carboxylic acids is 1. The third-order valence-corrected chi connectivity index (χ3v) is 4.62. The zero-order valence-electron chi connectivity index (χ0n) is 12.0. The van der Waals surface area contributed by atoms with Gasteiger partial charge in [-0.25, -0.2) is 4.98 Å². The summed E-state index contributed by atoms with van der Waals surface area (Å²) in [6, 6.07) is 11.6. The number of amides is 1. The molecule has 0 spiro atoms. The number of aryl methyl sites for hydroxylation is 2. The molecular formula is C17H15N3OS. The number of carbonyl (C=O) groups is 1. The lowest BCUT2D eigenvalue weighted by atomic mass is 10.1. The van der Waals surface area contributed by atoms with E-state index >= 15 is 0 Å². The molecule has 1 amide bonds. The van der Waals surface area contributed by atoms with Crippen LogP contribution >= 0.6 is 11.8 Å². The zero-order chi connectivity index (χ0) is 15.4. The van der Waals surface area contributed by atoms with E-state index in [1.54, 1.807) is 18.3 Å². The van der Waals surface area contributed by atoms with Crippen molar-refractivity contribution in [1.82, 2.24) is 4.98 Å². The van der Waals surface area contributed by atoms with Gasteiger partial charge in [-0.3, -0.25) is 4.79 Å². The van der Waals surface area contributed by atoms with Crippen LogP contribution in [0.1, 0.15) is 23.1 Å². The molecule has 0 aliphatic heterocycles. The van der Waals surface area contributed by atoms with Gasteiger partial charge < -0.3 is 5.32 Å². The van der Waals surface area contributed by atoms with Gasteiger partial charge in [-0.2, -0.15) is 5.26 Å². The Morgan fingerprint density at radius 1 is 1.32 bits per heavy atom. The minimum absolute atomic E-state index is 0.0857. The summed E-state index contributed by atoms with van der Waals surface area (Å²) in [7, 11) is 0. The molecule has 1 N–H and O–H groups in total. The maximum absolute atomic E-state index is 12.0. The molecule has 1 aliphatic carbocycles. The Kier molecular flexibility index (Phi) is 4.40. The van der Waals surface area contributed by atoms with Crippen LogP contribution in [0, 0.1) is 11.3 Å². The van der Waals surface area contributed by atoms with Crippen molar-refractivity contribution in [1.29, 1.82) is 5.26 Å². The van der Waals surface area contributed by atoms with Crippen molar-refractivity contribution in [2.75, 3.05) is 11.1 Å². The van der Waals surface area contributed by atoms with Crippen LogP contribution in [0.2, 0.25) is 0 Å². The Morgan fingerprint density at radius 3 is 3.05 bits per heavy atom. The van der Waals surface area contributed by atoms with Crippen LogP contribution < -0.4 is 5.32 Å². The molecular weight excluding hydrogens is 294 g/mol. The van der Waals surface area contributed by atoms with Crippen molar-refractivity contribution in [2.24, 2.45) is 0 Å². The van der Waals surface area contributed by atoms with Crippen LogP contribution in [-0.2, 0) is 17.6 Å². The van der Waals surface area contributed by atoms with Gasteiger partial charge in [-0.05, 0) is 54.7 Å². The molecule has 110 valence electrons. The van der Waals surface area contributed by atoms with E-state index in [1.165, 1.54) is 29.3 Å². The molecule has 1 aliphatic rings. The Labute approximate surface area is 133 Å². The normalized spacial score (nSPS) is 12.5. The first-order valence-corrected chi connectivity index (χ1v) is 8.14. The molecule has 1 aromatic heterocycles. The van der Waals surface area contributed by atoms with Gasteiger partial charge in [-0.1, -0.05) is 17.8 Å². The van der Waals surface area contributed by atoms with E-state index in [0.717, 1.165) is 18.5 Å². The van der Waals surface area contributed by atoms with Crippen molar-refractivity contribution in [3.8, 4) is 6.07 Å². The first-order chi connectivity index (χ1) is 10.8. The lowest BCUT2D eigenvalue weighted by molar-refractivity contribution is -0.113. The molecule has 1 heterocycles. The van der Waals surface area contributed by atoms with Crippen molar-refractivity contribution < 1.29 is 4.79 Å². The van der Waals surface area contributed by atoms with E-state index in [4.69, 9.17) is 5.26 Å². The fourth-order valence-corrected chi connectivity index (χ4v) is 3.32. The summed E-state index contributed by atoms with van der Waals surface area (Å²) in [5, 5.41) is 12.5. The molecule has 0 saturated heterocycles. The Morgan fingerprint density at radius 2 is 2.18 bits per heavy atom. The molecule has 2 aromatic rings. The SMILES string of the molecule is N#Cc1cccnc1SCC(=O)Nc1ccc2c(c1)CCC2. The summed E-state index contributed by atoms with van der Waals surface area (Å²) < 4.78 is 0. The fraction of sp³-hybridized carbons (Fsp3) is 0.235. The number of anilines is 1. The molecule has 5 heteroatoms. The molecule has 0 fully saturated rings. The molecule has 0 radical (unpaired) electrons. The number of nitrogens with one attached hydrogen (secondary N) is 1. The van der Waals surface area contributed by atoms with Gasteiger partial charge in [0.2, 0.25) is 5.91 Å². The van der Waals surface area contributed by atoms with E-state index in [2.05, 4.69) is 28.5 Å².